The topological polar surface area (TPSA) is 32.3 Å². The molecule has 14 heavy (non-hydrogen) atoms. The van der Waals surface area contributed by atoms with Gasteiger partial charge in [-0.2, -0.15) is 0 Å². The van der Waals surface area contributed by atoms with Crippen LogP contribution in [0.25, 0.3) is 0 Å². The van der Waals surface area contributed by atoms with Gasteiger partial charge < -0.3 is 10.2 Å². The van der Waals surface area contributed by atoms with Gasteiger partial charge in [-0.25, -0.2) is 0 Å². The van der Waals surface area contributed by atoms with Crippen molar-refractivity contribution in [1.29, 1.82) is 0 Å². The van der Waals surface area contributed by atoms with Gasteiger partial charge in [0.15, 0.2) is 0 Å². The average Bonchev–Trinajstić information content (AvgIpc) is 2.62. The van der Waals surface area contributed by atoms with E-state index in [1.54, 1.807) is 0 Å². The molecule has 0 saturated carbocycles. The summed E-state index contributed by atoms with van der Waals surface area (Å²) in [6, 6.07) is 0.575. The lowest BCUT2D eigenvalue weighted by atomic mass is 9.92. The Morgan fingerprint density at radius 1 is 1.43 bits per heavy atom. The van der Waals surface area contributed by atoms with E-state index in [0.717, 1.165) is 25.6 Å². The smallest absolute Gasteiger partial charge is 0.225 e. The van der Waals surface area contributed by atoms with Crippen LogP contribution in [-0.2, 0) is 4.79 Å². The second-order valence-electron chi connectivity index (χ2n) is 4.84. The molecule has 2 saturated heterocycles. The highest BCUT2D eigenvalue weighted by Crippen LogP contribution is 2.25. The highest BCUT2D eigenvalue weighted by atomic mass is 16.2. The van der Waals surface area contributed by atoms with Gasteiger partial charge in [-0.1, -0.05) is 13.8 Å². The predicted molar refractivity (Wildman–Crippen MR) is 55.9 cm³/mol. The summed E-state index contributed by atoms with van der Waals surface area (Å²) >= 11 is 0. The minimum atomic E-state index is 0.146. The molecular formula is C11H20N2O. The Morgan fingerprint density at radius 2 is 2.21 bits per heavy atom. The molecule has 2 atom stereocenters. The van der Waals surface area contributed by atoms with Crippen LogP contribution in [0, 0.1) is 11.8 Å². The third kappa shape index (κ3) is 1.78. The molecule has 2 aliphatic rings. The van der Waals surface area contributed by atoms with Crippen molar-refractivity contribution < 1.29 is 4.79 Å². The van der Waals surface area contributed by atoms with Gasteiger partial charge in [0.2, 0.25) is 5.91 Å². The molecule has 80 valence electrons. The number of nitrogens with zero attached hydrogens (tertiary/aromatic N) is 1. The molecule has 0 aromatic heterocycles. The van der Waals surface area contributed by atoms with Crippen molar-refractivity contribution in [1.82, 2.24) is 10.2 Å². The van der Waals surface area contributed by atoms with Crippen LogP contribution in [0.5, 0.6) is 0 Å². The number of nitrogens with one attached hydrogen (secondary N) is 1. The van der Waals surface area contributed by atoms with Gasteiger partial charge in [0.25, 0.3) is 0 Å². The van der Waals surface area contributed by atoms with Gasteiger partial charge in [-0.3, -0.25) is 4.79 Å². The Labute approximate surface area is 85.8 Å². The first-order chi connectivity index (χ1) is 6.68. The minimum absolute atomic E-state index is 0.146. The molecule has 2 fully saturated rings. The van der Waals surface area contributed by atoms with Crippen molar-refractivity contribution in [3.8, 4) is 0 Å². The quantitative estimate of drug-likeness (QED) is 0.674. The third-order valence-corrected chi connectivity index (χ3v) is 3.48. The SMILES string of the molecule is CC(C)C(=O)N1CC[C@H]2CCN[C@H]2C1. The minimum Gasteiger partial charge on any atom is -0.341 e. The molecule has 0 aromatic carbocycles. The fraction of sp³-hybridized carbons (Fsp3) is 0.909. The van der Waals surface area contributed by atoms with Gasteiger partial charge >= 0.3 is 0 Å². The van der Waals surface area contributed by atoms with Crippen molar-refractivity contribution in [3.05, 3.63) is 0 Å². The van der Waals surface area contributed by atoms with E-state index in [9.17, 15) is 4.79 Å². The van der Waals surface area contributed by atoms with Gasteiger partial charge in [0.1, 0.15) is 0 Å². The van der Waals surface area contributed by atoms with E-state index in [4.69, 9.17) is 0 Å². The normalized spacial score (nSPS) is 32.1. The maximum Gasteiger partial charge on any atom is 0.225 e. The van der Waals surface area contributed by atoms with Gasteiger partial charge in [0, 0.05) is 25.0 Å². The fourth-order valence-corrected chi connectivity index (χ4v) is 2.60. The van der Waals surface area contributed by atoms with Gasteiger partial charge in [-0.15, -0.1) is 0 Å². The summed E-state index contributed by atoms with van der Waals surface area (Å²) in [5.74, 6) is 1.29. The van der Waals surface area contributed by atoms with Crippen LogP contribution < -0.4 is 5.32 Å². The number of carbonyl (C=O) groups is 1. The first-order valence-corrected chi connectivity index (χ1v) is 5.70. The van der Waals surface area contributed by atoms with Gasteiger partial charge in [0.05, 0.1) is 0 Å². The number of carbonyl (C=O) groups excluding carboxylic acids is 1. The Bertz CT molecular complexity index is 227. The molecule has 0 unspecified atom stereocenters. The van der Waals surface area contributed by atoms with E-state index in [-0.39, 0.29) is 5.92 Å². The summed E-state index contributed by atoms with van der Waals surface area (Å²) in [6.07, 6.45) is 2.49. The molecule has 1 amide bonds. The van der Waals surface area contributed by atoms with Crippen molar-refractivity contribution in [2.45, 2.75) is 32.7 Å². The molecule has 0 aromatic rings. The summed E-state index contributed by atoms with van der Waals surface area (Å²) in [5.41, 5.74) is 0. The molecule has 0 bridgehead atoms. The van der Waals surface area contributed by atoms with Crippen molar-refractivity contribution in [2.24, 2.45) is 11.8 Å². The number of piperidine rings is 1. The Kier molecular flexibility index (Phi) is 2.77. The molecule has 2 aliphatic heterocycles. The van der Waals surface area contributed by atoms with E-state index < -0.39 is 0 Å². The molecule has 0 aliphatic carbocycles. The lowest BCUT2D eigenvalue weighted by molar-refractivity contribution is -0.136. The van der Waals surface area contributed by atoms with E-state index in [1.165, 1.54) is 12.8 Å². The molecule has 1 N–H and O–H groups in total. The van der Waals surface area contributed by atoms with Crippen LogP contribution in [0.2, 0.25) is 0 Å². The Morgan fingerprint density at radius 3 is 2.93 bits per heavy atom. The molecular weight excluding hydrogens is 176 g/mol. The third-order valence-electron chi connectivity index (χ3n) is 3.48. The number of likely N-dealkylation sites (tertiary alicyclic amines) is 1. The van der Waals surface area contributed by atoms with Crippen LogP contribution in [0.15, 0.2) is 0 Å². The maximum atomic E-state index is 11.8. The van der Waals surface area contributed by atoms with E-state index >= 15 is 0 Å². The number of hydrogen-bond donors (Lipinski definition) is 1. The Balaban J connectivity index is 1.94. The highest BCUT2D eigenvalue weighted by Gasteiger charge is 2.34. The second-order valence-corrected chi connectivity index (χ2v) is 4.84. The van der Waals surface area contributed by atoms with E-state index in [0.29, 0.717) is 11.9 Å². The first kappa shape index (κ1) is 9.97. The molecule has 3 heteroatoms. The molecule has 2 heterocycles. The Hall–Kier alpha value is -0.570. The average molecular weight is 196 g/mol. The number of rotatable bonds is 1. The summed E-state index contributed by atoms with van der Waals surface area (Å²) < 4.78 is 0. The lowest BCUT2D eigenvalue weighted by Gasteiger charge is -2.35. The predicted octanol–water partition coefficient (Wildman–Crippen LogP) is 0.853. The zero-order chi connectivity index (χ0) is 10.1. The van der Waals surface area contributed by atoms with Crippen LogP contribution in [0.1, 0.15) is 26.7 Å². The summed E-state index contributed by atoms with van der Waals surface area (Å²) in [6.45, 7) is 7.01. The van der Waals surface area contributed by atoms with Crippen LogP contribution in [-0.4, -0.2) is 36.5 Å². The highest BCUT2D eigenvalue weighted by molar-refractivity contribution is 5.78. The fourth-order valence-electron chi connectivity index (χ4n) is 2.60. The molecule has 2 rings (SSSR count). The standard InChI is InChI=1S/C11H20N2O/c1-8(2)11(14)13-6-4-9-3-5-12-10(9)7-13/h8-10,12H,3-7H2,1-2H3/t9-,10+/m1/s1. The van der Waals surface area contributed by atoms with Crippen molar-refractivity contribution in [2.75, 3.05) is 19.6 Å². The number of fused-ring (bicyclic) bond motifs is 1. The number of hydrogen-bond acceptors (Lipinski definition) is 2. The van der Waals surface area contributed by atoms with Crippen molar-refractivity contribution >= 4 is 5.91 Å². The summed E-state index contributed by atoms with van der Waals surface area (Å²) in [7, 11) is 0. The van der Waals surface area contributed by atoms with Crippen LogP contribution >= 0.6 is 0 Å². The largest absolute Gasteiger partial charge is 0.341 e. The van der Waals surface area contributed by atoms with Crippen LogP contribution in [0.3, 0.4) is 0 Å². The second kappa shape index (κ2) is 3.89. The maximum absolute atomic E-state index is 11.8. The van der Waals surface area contributed by atoms with E-state index in [2.05, 4.69) is 5.32 Å². The monoisotopic (exact) mass is 196 g/mol. The number of amides is 1. The zero-order valence-electron chi connectivity index (χ0n) is 9.12. The van der Waals surface area contributed by atoms with Crippen molar-refractivity contribution in [3.63, 3.8) is 0 Å². The van der Waals surface area contributed by atoms with E-state index in [1.807, 2.05) is 18.7 Å². The summed E-state index contributed by atoms with van der Waals surface area (Å²) in [4.78, 5) is 13.8. The summed E-state index contributed by atoms with van der Waals surface area (Å²) in [5, 5.41) is 3.49. The molecule has 0 radical (unpaired) electrons. The lowest BCUT2D eigenvalue weighted by Crippen LogP contribution is -2.49. The van der Waals surface area contributed by atoms with Crippen LogP contribution in [0.4, 0.5) is 0 Å². The first-order valence-electron chi connectivity index (χ1n) is 5.70. The molecule has 0 spiro atoms. The zero-order valence-corrected chi connectivity index (χ0v) is 9.12. The molecule has 3 nitrogen and oxygen atoms in total. The van der Waals surface area contributed by atoms with Gasteiger partial charge in [-0.05, 0) is 25.3 Å².